The van der Waals surface area contributed by atoms with Crippen LogP contribution in [0.1, 0.15) is 32.0 Å². The molecule has 0 atom stereocenters. The smallest absolute Gasteiger partial charge is 0.347 e. The molecule has 5 aromatic rings. The second-order valence-electron chi connectivity index (χ2n) is 6.79. The summed E-state index contributed by atoms with van der Waals surface area (Å²) in [5.74, 6) is -1.15. The lowest BCUT2D eigenvalue weighted by molar-refractivity contribution is 0.0998. The van der Waals surface area contributed by atoms with Gasteiger partial charge in [-0.1, -0.05) is 59.8 Å². The third-order valence-corrected chi connectivity index (χ3v) is 4.91. The number of carbonyl (C=O) groups is 2. The van der Waals surface area contributed by atoms with Gasteiger partial charge in [0.25, 0.3) is 0 Å². The molecule has 144 valence electrons. The summed E-state index contributed by atoms with van der Waals surface area (Å²) >= 11 is 0. The van der Waals surface area contributed by atoms with E-state index in [0.29, 0.717) is 16.5 Å². The third kappa shape index (κ3) is 2.91. The van der Waals surface area contributed by atoms with Crippen molar-refractivity contribution in [3.8, 4) is 0 Å². The van der Waals surface area contributed by atoms with Gasteiger partial charge in [0, 0.05) is 10.9 Å². The lowest BCUT2D eigenvalue weighted by atomic mass is 9.99. The Balaban J connectivity index is 1.61. The Morgan fingerprint density at radius 2 is 1.43 bits per heavy atom. The Hall–Kier alpha value is -4.32. The van der Waals surface area contributed by atoms with E-state index in [2.05, 4.69) is 5.16 Å². The first-order chi connectivity index (χ1) is 14.6. The zero-order valence-electron chi connectivity index (χ0n) is 15.5. The van der Waals surface area contributed by atoms with Gasteiger partial charge in [-0.25, -0.2) is 4.79 Å². The van der Waals surface area contributed by atoms with Crippen molar-refractivity contribution in [3.63, 3.8) is 0 Å². The first kappa shape index (κ1) is 17.8. The standard InChI is InChI=1S/C24H13NO5/c26-22(14-6-2-1-3-7-14)21-19(13-29-25-21)23(27)18-11-17-10-15-8-4-5-9-16(15)12-20(17)30-24(18)28/h1-13H. The van der Waals surface area contributed by atoms with Gasteiger partial charge in [-0.15, -0.1) is 0 Å². The third-order valence-electron chi connectivity index (χ3n) is 4.91. The van der Waals surface area contributed by atoms with Crippen LogP contribution in [0, 0.1) is 0 Å². The maximum atomic E-state index is 13.1. The summed E-state index contributed by atoms with van der Waals surface area (Å²) in [5.41, 5.74) is -0.482. The van der Waals surface area contributed by atoms with Crippen LogP contribution in [0.2, 0.25) is 0 Å². The Kier molecular flexibility index (Phi) is 4.10. The molecule has 2 heterocycles. The molecule has 0 N–H and O–H groups in total. The molecule has 0 saturated carbocycles. The Morgan fingerprint density at radius 3 is 2.20 bits per heavy atom. The number of benzene rings is 3. The zero-order valence-corrected chi connectivity index (χ0v) is 15.5. The summed E-state index contributed by atoms with van der Waals surface area (Å²) < 4.78 is 10.3. The number of nitrogens with zero attached hydrogens (tertiary/aromatic N) is 1. The van der Waals surface area contributed by atoms with Gasteiger partial charge in [0.05, 0.1) is 5.56 Å². The minimum absolute atomic E-state index is 0.0868. The quantitative estimate of drug-likeness (QED) is 0.255. The van der Waals surface area contributed by atoms with E-state index in [4.69, 9.17) is 8.94 Å². The molecule has 0 aliphatic heterocycles. The second kappa shape index (κ2) is 6.93. The molecule has 0 fully saturated rings. The largest absolute Gasteiger partial charge is 0.422 e. The monoisotopic (exact) mass is 395 g/mol. The molecule has 0 spiro atoms. The normalized spacial score (nSPS) is 11.1. The van der Waals surface area contributed by atoms with E-state index in [1.807, 2.05) is 30.3 Å². The number of hydrogen-bond donors (Lipinski definition) is 0. The topological polar surface area (TPSA) is 90.4 Å². The van der Waals surface area contributed by atoms with Crippen LogP contribution >= 0.6 is 0 Å². The molecule has 0 unspecified atom stereocenters. The van der Waals surface area contributed by atoms with Crippen LogP contribution in [0.4, 0.5) is 0 Å². The molecule has 0 aliphatic rings. The number of ketones is 2. The Morgan fingerprint density at radius 1 is 0.733 bits per heavy atom. The van der Waals surface area contributed by atoms with Gasteiger partial charge >= 0.3 is 5.63 Å². The predicted molar refractivity (Wildman–Crippen MR) is 110 cm³/mol. The van der Waals surface area contributed by atoms with Crippen LogP contribution in [0.15, 0.2) is 92.8 Å². The van der Waals surface area contributed by atoms with E-state index in [-0.39, 0.29) is 16.8 Å². The van der Waals surface area contributed by atoms with Crippen LogP contribution in [-0.4, -0.2) is 16.7 Å². The highest BCUT2D eigenvalue weighted by molar-refractivity contribution is 6.18. The molecule has 0 saturated heterocycles. The first-order valence-corrected chi connectivity index (χ1v) is 9.17. The van der Waals surface area contributed by atoms with Gasteiger partial charge in [-0.2, -0.15) is 0 Å². The highest BCUT2D eigenvalue weighted by atomic mass is 16.5. The number of aromatic nitrogens is 1. The van der Waals surface area contributed by atoms with Gasteiger partial charge in [0.15, 0.2) is 5.69 Å². The molecule has 30 heavy (non-hydrogen) atoms. The number of rotatable bonds is 4. The van der Waals surface area contributed by atoms with Crippen LogP contribution in [0.5, 0.6) is 0 Å². The van der Waals surface area contributed by atoms with Crippen LogP contribution < -0.4 is 5.63 Å². The number of fused-ring (bicyclic) bond motifs is 2. The van der Waals surface area contributed by atoms with Crippen molar-refractivity contribution in [2.24, 2.45) is 0 Å². The van der Waals surface area contributed by atoms with Gasteiger partial charge in [0.2, 0.25) is 11.6 Å². The summed E-state index contributed by atoms with van der Waals surface area (Å²) in [4.78, 5) is 38.3. The van der Waals surface area contributed by atoms with E-state index in [0.717, 1.165) is 17.0 Å². The molecule has 0 amide bonds. The van der Waals surface area contributed by atoms with Gasteiger partial charge in [-0.3, -0.25) is 9.59 Å². The van der Waals surface area contributed by atoms with Gasteiger partial charge in [-0.05, 0) is 29.0 Å². The molecule has 5 rings (SSSR count). The average molecular weight is 395 g/mol. The molecular weight excluding hydrogens is 382 g/mol. The minimum Gasteiger partial charge on any atom is -0.422 e. The molecule has 0 aliphatic carbocycles. The Labute approximate surface area is 169 Å². The predicted octanol–water partition coefficient (Wildman–Crippen LogP) is 4.40. The molecule has 2 aromatic heterocycles. The van der Waals surface area contributed by atoms with Crippen LogP contribution in [0.3, 0.4) is 0 Å². The van der Waals surface area contributed by atoms with Crippen molar-refractivity contribution in [2.75, 3.05) is 0 Å². The van der Waals surface area contributed by atoms with Crippen LogP contribution in [0.25, 0.3) is 21.7 Å². The molecule has 3 aromatic carbocycles. The molecular formula is C24H13NO5. The van der Waals surface area contributed by atoms with Crippen molar-refractivity contribution >= 4 is 33.3 Å². The van der Waals surface area contributed by atoms with Crippen LogP contribution in [-0.2, 0) is 0 Å². The van der Waals surface area contributed by atoms with Crippen molar-refractivity contribution < 1.29 is 18.5 Å². The van der Waals surface area contributed by atoms with E-state index >= 15 is 0 Å². The summed E-state index contributed by atoms with van der Waals surface area (Å²) in [6.45, 7) is 0. The van der Waals surface area contributed by atoms with Crippen molar-refractivity contribution in [1.29, 1.82) is 0 Å². The van der Waals surface area contributed by atoms with Crippen molar-refractivity contribution in [1.82, 2.24) is 5.16 Å². The highest BCUT2D eigenvalue weighted by Crippen LogP contribution is 2.24. The first-order valence-electron chi connectivity index (χ1n) is 9.17. The molecule has 0 radical (unpaired) electrons. The molecule has 6 heteroatoms. The number of hydrogen-bond acceptors (Lipinski definition) is 6. The van der Waals surface area contributed by atoms with Crippen molar-refractivity contribution in [2.45, 2.75) is 0 Å². The van der Waals surface area contributed by atoms with E-state index in [1.54, 1.807) is 36.4 Å². The summed E-state index contributed by atoms with van der Waals surface area (Å²) in [7, 11) is 0. The van der Waals surface area contributed by atoms with E-state index in [9.17, 15) is 14.4 Å². The zero-order chi connectivity index (χ0) is 20.7. The molecule has 0 bridgehead atoms. The summed E-state index contributed by atoms with van der Waals surface area (Å²) in [6, 6.07) is 21.1. The van der Waals surface area contributed by atoms with Crippen molar-refractivity contribution in [3.05, 3.63) is 112 Å². The maximum absolute atomic E-state index is 13.1. The number of carbonyl (C=O) groups excluding carboxylic acids is 2. The van der Waals surface area contributed by atoms with E-state index < -0.39 is 17.2 Å². The van der Waals surface area contributed by atoms with E-state index in [1.165, 1.54) is 6.07 Å². The molecule has 6 nitrogen and oxygen atoms in total. The van der Waals surface area contributed by atoms with Gasteiger partial charge in [0.1, 0.15) is 17.4 Å². The fourth-order valence-corrected chi connectivity index (χ4v) is 3.40. The maximum Gasteiger partial charge on any atom is 0.347 e. The lowest BCUT2D eigenvalue weighted by Crippen LogP contribution is -2.17. The fraction of sp³-hybridized carbons (Fsp3) is 0. The summed E-state index contributed by atoms with van der Waals surface area (Å²) in [6.07, 6.45) is 1.07. The minimum atomic E-state index is -0.790. The fourth-order valence-electron chi connectivity index (χ4n) is 3.40. The van der Waals surface area contributed by atoms with Gasteiger partial charge < -0.3 is 8.94 Å². The Bertz CT molecular complexity index is 1490. The highest BCUT2D eigenvalue weighted by Gasteiger charge is 2.26. The average Bonchev–Trinajstić information content (AvgIpc) is 3.27. The second-order valence-corrected chi connectivity index (χ2v) is 6.79. The SMILES string of the molecule is O=C(c1ccccc1)c1nocc1C(=O)c1cc2cc3ccccc3cc2oc1=O. The lowest BCUT2D eigenvalue weighted by Gasteiger charge is -2.04. The summed E-state index contributed by atoms with van der Waals surface area (Å²) in [5, 5.41) is 6.16.